The molecular formula is C19H34IN3OS. The Bertz CT molecular complexity index is 487. The van der Waals surface area contributed by atoms with Crippen molar-refractivity contribution < 1.29 is 4.74 Å². The molecule has 1 fully saturated rings. The average molecular weight is 479 g/mol. The van der Waals surface area contributed by atoms with Gasteiger partial charge in [-0.05, 0) is 59.9 Å². The summed E-state index contributed by atoms with van der Waals surface area (Å²) in [5.74, 6) is 1.44. The second-order valence-electron chi connectivity index (χ2n) is 6.98. The normalized spacial score (nSPS) is 17.8. The second kappa shape index (κ2) is 12.1. The van der Waals surface area contributed by atoms with Gasteiger partial charge in [-0.15, -0.1) is 24.0 Å². The van der Waals surface area contributed by atoms with Gasteiger partial charge in [0.15, 0.2) is 5.96 Å². The van der Waals surface area contributed by atoms with Gasteiger partial charge in [0.05, 0.1) is 0 Å². The molecule has 0 spiro atoms. The lowest BCUT2D eigenvalue weighted by molar-refractivity contribution is 0.141. The summed E-state index contributed by atoms with van der Waals surface area (Å²) in [5, 5.41) is 11.3. The number of nitrogens with one attached hydrogen (secondary N) is 2. The van der Waals surface area contributed by atoms with Crippen LogP contribution in [0.4, 0.5) is 0 Å². The van der Waals surface area contributed by atoms with Crippen LogP contribution in [-0.2, 0) is 4.74 Å². The Labute approximate surface area is 174 Å². The van der Waals surface area contributed by atoms with Gasteiger partial charge in [0.25, 0.3) is 0 Å². The van der Waals surface area contributed by atoms with Crippen LogP contribution in [0, 0.1) is 5.41 Å². The highest BCUT2D eigenvalue weighted by atomic mass is 127. The molecule has 1 aliphatic rings. The summed E-state index contributed by atoms with van der Waals surface area (Å²) < 4.78 is 5.32. The molecule has 144 valence electrons. The van der Waals surface area contributed by atoms with Gasteiger partial charge < -0.3 is 15.4 Å². The third-order valence-corrected chi connectivity index (χ3v) is 5.81. The summed E-state index contributed by atoms with van der Waals surface area (Å²) >= 11 is 1.76. The van der Waals surface area contributed by atoms with E-state index in [2.05, 4.69) is 41.3 Å². The van der Waals surface area contributed by atoms with E-state index in [0.29, 0.717) is 11.3 Å². The highest BCUT2D eigenvalue weighted by Gasteiger charge is 2.33. The molecule has 0 saturated heterocycles. The van der Waals surface area contributed by atoms with Crippen molar-refractivity contribution in [3.05, 3.63) is 22.4 Å². The Morgan fingerprint density at radius 3 is 2.72 bits per heavy atom. The van der Waals surface area contributed by atoms with Gasteiger partial charge in [0.2, 0.25) is 0 Å². The molecular weight excluding hydrogens is 445 g/mol. The summed E-state index contributed by atoms with van der Waals surface area (Å²) in [6.45, 7) is 7.93. The van der Waals surface area contributed by atoms with Gasteiger partial charge >= 0.3 is 0 Å². The zero-order valence-electron chi connectivity index (χ0n) is 15.8. The number of rotatable bonds is 9. The number of halogens is 1. The van der Waals surface area contributed by atoms with Crippen molar-refractivity contribution in [1.82, 2.24) is 10.6 Å². The van der Waals surface area contributed by atoms with Crippen LogP contribution in [0.25, 0.3) is 0 Å². The van der Waals surface area contributed by atoms with Gasteiger partial charge in [0.1, 0.15) is 0 Å². The summed E-state index contributed by atoms with van der Waals surface area (Å²) in [4.78, 5) is 4.92. The van der Waals surface area contributed by atoms with Crippen LogP contribution in [0.15, 0.2) is 21.8 Å². The van der Waals surface area contributed by atoms with E-state index in [0.717, 1.165) is 38.6 Å². The van der Waals surface area contributed by atoms with Crippen LogP contribution >= 0.6 is 35.3 Å². The monoisotopic (exact) mass is 479 g/mol. The second-order valence-corrected chi connectivity index (χ2v) is 7.76. The predicted octanol–water partition coefficient (Wildman–Crippen LogP) is 4.62. The van der Waals surface area contributed by atoms with Crippen LogP contribution < -0.4 is 10.6 Å². The van der Waals surface area contributed by atoms with E-state index in [1.54, 1.807) is 18.4 Å². The smallest absolute Gasteiger partial charge is 0.191 e. The Morgan fingerprint density at radius 2 is 2.12 bits per heavy atom. The Balaban J connectivity index is 0.00000312. The molecule has 0 radical (unpaired) electrons. The third-order valence-electron chi connectivity index (χ3n) is 5.11. The van der Waals surface area contributed by atoms with Gasteiger partial charge in [-0.25, -0.2) is 0 Å². The van der Waals surface area contributed by atoms with E-state index in [-0.39, 0.29) is 24.0 Å². The fourth-order valence-electron chi connectivity index (χ4n) is 3.44. The van der Waals surface area contributed by atoms with Crippen molar-refractivity contribution in [1.29, 1.82) is 0 Å². The van der Waals surface area contributed by atoms with Crippen molar-refractivity contribution in [2.24, 2.45) is 10.4 Å². The van der Waals surface area contributed by atoms with Crippen LogP contribution in [0.5, 0.6) is 0 Å². The zero-order valence-corrected chi connectivity index (χ0v) is 19.0. The van der Waals surface area contributed by atoms with Gasteiger partial charge in [-0.1, -0.05) is 19.8 Å². The molecule has 1 atom stereocenters. The van der Waals surface area contributed by atoms with E-state index >= 15 is 0 Å². The molecule has 1 saturated carbocycles. The summed E-state index contributed by atoms with van der Waals surface area (Å²) in [6.07, 6.45) is 6.35. The first kappa shape index (κ1) is 22.7. The average Bonchev–Trinajstić information content (AvgIpc) is 3.27. The first-order valence-corrected chi connectivity index (χ1v) is 10.2. The van der Waals surface area contributed by atoms with Crippen molar-refractivity contribution >= 4 is 41.3 Å². The first-order chi connectivity index (χ1) is 11.7. The molecule has 4 nitrogen and oxygen atoms in total. The van der Waals surface area contributed by atoms with E-state index in [4.69, 9.17) is 9.73 Å². The topological polar surface area (TPSA) is 45.7 Å². The fraction of sp³-hybridized carbons (Fsp3) is 0.737. The lowest BCUT2D eigenvalue weighted by Crippen LogP contribution is -2.40. The highest BCUT2D eigenvalue weighted by molar-refractivity contribution is 14.0. The molecule has 1 aromatic rings. The van der Waals surface area contributed by atoms with Crippen molar-refractivity contribution in [2.45, 2.75) is 51.9 Å². The van der Waals surface area contributed by atoms with Gasteiger partial charge in [-0.2, -0.15) is 11.3 Å². The molecule has 0 bridgehead atoms. The summed E-state index contributed by atoms with van der Waals surface area (Å²) in [7, 11) is 1.80. The van der Waals surface area contributed by atoms with Crippen molar-refractivity contribution in [3.63, 3.8) is 0 Å². The number of hydrogen-bond acceptors (Lipinski definition) is 3. The summed E-state index contributed by atoms with van der Waals surface area (Å²) in [6, 6.07) is 2.21. The number of hydrogen-bond donors (Lipinski definition) is 2. The number of nitrogens with zero attached hydrogens (tertiary/aromatic N) is 1. The SMILES string of the molecule is CCNC(=NCC1(CCOC)CCCC1)NCC(C)c1ccsc1.I. The number of guanidine groups is 1. The molecule has 0 amide bonds. The molecule has 25 heavy (non-hydrogen) atoms. The van der Waals surface area contributed by atoms with E-state index in [1.807, 2.05) is 0 Å². The highest BCUT2D eigenvalue weighted by Crippen LogP contribution is 2.41. The van der Waals surface area contributed by atoms with Gasteiger partial charge in [0, 0.05) is 33.4 Å². The van der Waals surface area contributed by atoms with Crippen LogP contribution in [0.2, 0.25) is 0 Å². The molecule has 2 N–H and O–H groups in total. The van der Waals surface area contributed by atoms with Crippen LogP contribution in [0.1, 0.15) is 57.4 Å². The molecule has 1 aromatic heterocycles. The minimum absolute atomic E-state index is 0. The minimum Gasteiger partial charge on any atom is -0.385 e. The van der Waals surface area contributed by atoms with Gasteiger partial charge in [-0.3, -0.25) is 4.99 Å². The largest absolute Gasteiger partial charge is 0.385 e. The summed E-state index contributed by atoms with van der Waals surface area (Å²) in [5.41, 5.74) is 1.74. The quantitative estimate of drug-likeness (QED) is 0.309. The lowest BCUT2D eigenvalue weighted by atomic mass is 9.83. The Kier molecular flexibility index (Phi) is 11.0. The number of methoxy groups -OCH3 is 1. The number of aliphatic imine (C=N–C) groups is 1. The molecule has 1 unspecified atom stereocenters. The van der Waals surface area contributed by atoms with Crippen molar-refractivity contribution in [3.8, 4) is 0 Å². The maximum atomic E-state index is 5.32. The van der Waals surface area contributed by atoms with E-state index in [9.17, 15) is 0 Å². The molecule has 0 aromatic carbocycles. The Hall–Kier alpha value is -0.340. The maximum absolute atomic E-state index is 5.32. The first-order valence-electron chi connectivity index (χ1n) is 9.22. The minimum atomic E-state index is 0. The van der Waals surface area contributed by atoms with E-state index < -0.39 is 0 Å². The lowest BCUT2D eigenvalue weighted by Gasteiger charge is -2.27. The predicted molar refractivity (Wildman–Crippen MR) is 120 cm³/mol. The Morgan fingerprint density at radius 1 is 1.36 bits per heavy atom. The standard InChI is InChI=1S/C19H33N3OS.HI/c1-4-20-18(21-13-16(2)17-7-12-24-14-17)22-15-19(10-11-23-3)8-5-6-9-19;/h7,12,14,16H,4-6,8-11,13,15H2,1-3H3,(H2,20,21,22);1H. The number of thiophene rings is 1. The molecule has 0 aliphatic heterocycles. The molecule has 6 heteroatoms. The molecule has 1 heterocycles. The maximum Gasteiger partial charge on any atom is 0.191 e. The van der Waals surface area contributed by atoms with Crippen LogP contribution in [-0.4, -0.2) is 39.3 Å². The third kappa shape index (κ3) is 7.43. The zero-order chi connectivity index (χ0) is 17.3. The fourth-order valence-corrected chi connectivity index (χ4v) is 4.22. The number of ether oxygens (including phenoxy) is 1. The molecule has 2 rings (SSSR count). The van der Waals surface area contributed by atoms with Crippen LogP contribution in [0.3, 0.4) is 0 Å². The van der Waals surface area contributed by atoms with E-state index in [1.165, 1.54) is 31.2 Å². The van der Waals surface area contributed by atoms with Crippen molar-refractivity contribution in [2.75, 3.05) is 33.4 Å². The molecule has 1 aliphatic carbocycles.